The number of aromatic nitrogens is 2. The summed E-state index contributed by atoms with van der Waals surface area (Å²) in [5.41, 5.74) is 9.63. The lowest BCUT2D eigenvalue weighted by Gasteiger charge is -2.14. The molecule has 0 spiro atoms. The summed E-state index contributed by atoms with van der Waals surface area (Å²) in [6.07, 6.45) is 1.91. The predicted octanol–water partition coefficient (Wildman–Crippen LogP) is 1.99. The summed E-state index contributed by atoms with van der Waals surface area (Å²) < 4.78 is 7.23. The number of rotatable bonds is 6. The van der Waals surface area contributed by atoms with Crippen molar-refractivity contribution in [2.75, 3.05) is 13.7 Å². The van der Waals surface area contributed by atoms with Crippen LogP contribution in [0.25, 0.3) is 0 Å². The van der Waals surface area contributed by atoms with Gasteiger partial charge >= 0.3 is 0 Å². The Morgan fingerprint density at radius 3 is 2.59 bits per heavy atom. The van der Waals surface area contributed by atoms with Crippen LogP contribution in [0.5, 0.6) is 0 Å². The predicted molar refractivity (Wildman–Crippen MR) is 70.3 cm³/mol. The Kier molecular flexibility index (Phi) is 5.15. The van der Waals surface area contributed by atoms with Gasteiger partial charge in [0.2, 0.25) is 0 Å². The Hall–Kier alpha value is -0.870. The van der Waals surface area contributed by atoms with E-state index in [1.165, 1.54) is 11.3 Å². The molecule has 4 heteroatoms. The fourth-order valence-corrected chi connectivity index (χ4v) is 2.14. The van der Waals surface area contributed by atoms with Crippen LogP contribution in [0.2, 0.25) is 0 Å². The Morgan fingerprint density at radius 1 is 1.41 bits per heavy atom. The molecule has 0 fully saturated rings. The highest BCUT2D eigenvalue weighted by molar-refractivity contribution is 5.26. The molecule has 0 saturated heterocycles. The fourth-order valence-electron chi connectivity index (χ4n) is 2.14. The van der Waals surface area contributed by atoms with E-state index < -0.39 is 0 Å². The van der Waals surface area contributed by atoms with Crippen molar-refractivity contribution in [3.63, 3.8) is 0 Å². The third kappa shape index (κ3) is 3.30. The molecule has 1 heterocycles. The first-order valence-electron chi connectivity index (χ1n) is 6.30. The van der Waals surface area contributed by atoms with E-state index in [1.807, 2.05) is 0 Å². The highest BCUT2D eigenvalue weighted by Crippen LogP contribution is 2.19. The van der Waals surface area contributed by atoms with Crippen LogP contribution >= 0.6 is 0 Å². The average Bonchev–Trinajstić information content (AvgIpc) is 2.57. The summed E-state index contributed by atoms with van der Waals surface area (Å²) in [6.45, 7) is 9.09. The molecule has 0 aliphatic heterocycles. The molecule has 2 N–H and O–H groups in total. The van der Waals surface area contributed by atoms with Crippen molar-refractivity contribution in [3.05, 3.63) is 17.0 Å². The SMILES string of the molecule is CCC(N)Cc1c(C)nn(C(C)COC)c1C. The fraction of sp³-hybridized carbons (Fsp3) is 0.769. The van der Waals surface area contributed by atoms with Gasteiger partial charge in [0, 0.05) is 18.8 Å². The standard InChI is InChI=1S/C13H25N3O/c1-6-12(14)7-13-10(3)15-16(11(13)4)9(2)8-17-5/h9,12H,6-8,14H2,1-5H3. The maximum Gasteiger partial charge on any atom is 0.0727 e. The molecule has 0 radical (unpaired) electrons. The van der Waals surface area contributed by atoms with Crippen LogP contribution in [-0.4, -0.2) is 29.5 Å². The molecule has 0 aromatic carbocycles. The van der Waals surface area contributed by atoms with Crippen molar-refractivity contribution in [2.45, 2.75) is 52.6 Å². The minimum absolute atomic E-state index is 0.225. The van der Waals surface area contributed by atoms with Gasteiger partial charge in [-0.1, -0.05) is 6.92 Å². The molecule has 0 aliphatic carbocycles. The van der Waals surface area contributed by atoms with Gasteiger partial charge in [-0.3, -0.25) is 4.68 Å². The molecule has 0 amide bonds. The van der Waals surface area contributed by atoms with Gasteiger partial charge in [0.1, 0.15) is 0 Å². The van der Waals surface area contributed by atoms with E-state index in [4.69, 9.17) is 10.5 Å². The van der Waals surface area contributed by atoms with Gasteiger partial charge in [0.25, 0.3) is 0 Å². The molecule has 2 atom stereocenters. The molecule has 0 bridgehead atoms. The van der Waals surface area contributed by atoms with E-state index in [0.717, 1.165) is 18.5 Å². The van der Waals surface area contributed by atoms with Crippen LogP contribution in [0.4, 0.5) is 0 Å². The zero-order valence-corrected chi connectivity index (χ0v) is 11.7. The number of methoxy groups -OCH3 is 1. The van der Waals surface area contributed by atoms with E-state index >= 15 is 0 Å². The van der Waals surface area contributed by atoms with Gasteiger partial charge in [0.05, 0.1) is 18.3 Å². The second-order valence-corrected chi connectivity index (χ2v) is 4.77. The molecule has 1 rings (SSSR count). The minimum Gasteiger partial charge on any atom is -0.382 e. The first-order chi connectivity index (χ1) is 8.01. The molecule has 1 aromatic rings. The van der Waals surface area contributed by atoms with E-state index in [2.05, 4.69) is 37.5 Å². The minimum atomic E-state index is 0.225. The number of hydrogen-bond donors (Lipinski definition) is 1. The first kappa shape index (κ1) is 14.2. The molecular weight excluding hydrogens is 214 g/mol. The van der Waals surface area contributed by atoms with Crippen molar-refractivity contribution in [3.8, 4) is 0 Å². The Morgan fingerprint density at radius 2 is 2.06 bits per heavy atom. The largest absolute Gasteiger partial charge is 0.382 e. The third-order valence-electron chi connectivity index (χ3n) is 3.29. The number of aryl methyl sites for hydroxylation is 1. The van der Waals surface area contributed by atoms with Crippen molar-refractivity contribution in [2.24, 2.45) is 5.73 Å². The summed E-state index contributed by atoms with van der Waals surface area (Å²) in [5, 5.41) is 4.60. The van der Waals surface area contributed by atoms with Crippen molar-refractivity contribution >= 4 is 0 Å². The van der Waals surface area contributed by atoms with Gasteiger partial charge in [-0.05, 0) is 39.2 Å². The highest BCUT2D eigenvalue weighted by atomic mass is 16.5. The summed E-state index contributed by atoms with van der Waals surface area (Å²) in [5.74, 6) is 0. The zero-order chi connectivity index (χ0) is 13.0. The van der Waals surface area contributed by atoms with Gasteiger partial charge < -0.3 is 10.5 Å². The second-order valence-electron chi connectivity index (χ2n) is 4.77. The van der Waals surface area contributed by atoms with Crippen LogP contribution in [0.3, 0.4) is 0 Å². The van der Waals surface area contributed by atoms with Crippen molar-refractivity contribution < 1.29 is 4.74 Å². The summed E-state index contributed by atoms with van der Waals surface area (Å²) in [4.78, 5) is 0. The van der Waals surface area contributed by atoms with E-state index in [9.17, 15) is 0 Å². The van der Waals surface area contributed by atoms with Crippen LogP contribution in [0, 0.1) is 13.8 Å². The van der Waals surface area contributed by atoms with Crippen LogP contribution < -0.4 is 5.73 Å². The van der Waals surface area contributed by atoms with Gasteiger partial charge in [0.15, 0.2) is 0 Å². The highest BCUT2D eigenvalue weighted by Gasteiger charge is 2.16. The lowest BCUT2D eigenvalue weighted by atomic mass is 10.0. The van der Waals surface area contributed by atoms with Crippen LogP contribution in [-0.2, 0) is 11.2 Å². The Bertz CT molecular complexity index is 360. The third-order valence-corrected chi connectivity index (χ3v) is 3.29. The van der Waals surface area contributed by atoms with Gasteiger partial charge in [-0.2, -0.15) is 5.10 Å². The van der Waals surface area contributed by atoms with E-state index in [0.29, 0.717) is 6.61 Å². The maximum atomic E-state index is 6.03. The molecule has 1 aromatic heterocycles. The summed E-state index contributed by atoms with van der Waals surface area (Å²) in [7, 11) is 1.72. The second kappa shape index (κ2) is 6.17. The Balaban J connectivity index is 2.93. The molecule has 4 nitrogen and oxygen atoms in total. The number of nitrogens with zero attached hydrogens (tertiary/aromatic N) is 2. The van der Waals surface area contributed by atoms with E-state index in [-0.39, 0.29) is 12.1 Å². The molecular formula is C13H25N3O. The monoisotopic (exact) mass is 239 g/mol. The molecule has 17 heavy (non-hydrogen) atoms. The first-order valence-corrected chi connectivity index (χ1v) is 6.30. The summed E-state index contributed by atoms with van der Waals surface area (Å²) >= 11 is 0. The van der Waals surface area contributed by atoms with Gasteiger partial charge in [-0.25, -0.2) is 0 Å². The number of hydrogen-bond acceptors (Lipinski definition) is 3. The van der Waals surface area contributed by atoms with Crippen molar-refractivity contribution in [1.82, 2.24) is 9.78 Å². The topological polar surface area (TPSA) is 53.1 Å². The molecule has 0 aliphatic rings. The number of nitrogens with two attached hydrogens (primary N) is 1. The van der Waals surface area contributed by atoms with Crippen LogP contribution in [0.15, 0.2) is 0 Å². The lowest BCUT2D eigenvalue weighted by molar-refractivity contribution is 0.156. The molecule has 0 saturated carbocycles. The average molecular weight is 239 g/mol. The normalized spacial score (nSPS) is 14.9. The van der Waals surface area contributed by atoms with E-state index in [1.54, 1.807) is 7.11 Å². The number of ether oxygens (including phenoxy) is 1. The molecule has 2 unspecified atom stereocenters. The molecule has 98 valence electrons. The van der Waals surface area contributed by atoms with Gasteiger partial charge in [-0.15, -0.1) is 0 Å². The Labute approximate surface area is 104 Å². The quantitative estimate of drug-likeness (QED) is 0.826. The lowest BCUT2D eigenvalue weighted by Crippen LogP contribution is -2.22. The smallest absolute Gasteiger partial charge is 0.0727 e. The van der Waals surface area contributed by atoms with Crippen LogP contribution in [0.1, 0.15) is 43.3 Å². The summed E-state index contributed by atoms with van der Waals surface area (Å²) in [6, 6.07) is 0.494. The zero-order valence-electron chi connectivity index (χ0n) is 11.7. The van der Waals surface area contributed by atoms with Crippen molar-refractivity contribution in [1.29, 1.82) is 0 Å². The maximum absolute atomic E-state index is 6.03.